The van der Waals surface area contributed by atoms with Crippen molar-refractivity contribution >= 4 is 17.9 Å². The lowest BCUT2D eigenvalue weighted by atomic mass is 10.0. The van der Waals surface area contributed by atoms with E-state index in [1.807, 2.05) is 33.8 Å². The van der Waals surface area contributed by atoms with Crippen molar-refractivity contribution in [2.45, 2.75) is 100.0 Å². The molecule has 1 saturated heterocycles. The number of halogens is 2. The molecule has 3 rings (SSSR count). The second kappa shape index (κ2) is 19.9. The molecule has 0 saturated carbocycles. The van der Waals surface area contributed by atoms with E-state index in [4.69, 9.17) is 4.79 Å². The highest BCUT2D eigenvalue weighted by Gasteiger charge is 2.31. The Bertz CT molecular complexity index is 759. The Morgan fingerprint density at radius 3 is 2.19 bits per heavy atom. The Morgan fingerprint density at radius 2 is 1.78 bits per heavy atom. The fraction of sp³-hybridized carbons (Fsp3) is 0.655. The Labute approximate surface area is 219 Å². The van der Waals surface area contributed by atoms with Gasteiger partial charge in [0, 0.05) is 44.6 Å². The normalized spacial score (nSPS) is 16.7. The van der Waals surface area contributed by atoms with Gasteiger partial charge in [-0.15, -0.1) is 0 Å². The van der Waals surface area contributed by atoms with Crippen LogP contribution in [0, 0.1) is 5.92 Å². The summed E-state index contributed by atoms with van der Waals surface area (Å²) in [6, 6.07) is 7.10. The number of nitrogens with zero attached hydrogens (tertiary/aromatic N) is 2. The minimum Gasteiger partial charge on any atom is -0.356 e. The average Bonchev–Trinajstić information content (AvgIpc) is 3.47. The van der Waals surface area contributed by atoms with Gasteiger partial charge in [0.15, 0.2) is 0 Å². The van der Waals surface area contributed by atoms with E-state index in [2.05, 4.69) is 49.2 Å². The minimum absolute atomic E-state index is 0.101. The van der Waals surface area contributed by atoms with Gasteiger partial charge in [0.05, 0.1) is 5.70 Å². The summed E-state index contributed by atoms with van der Waals surface area (Å²) in [7, 11) is 2.05. The van der Waals surface area contributed by atoms with E-state index >= 15 is 0 Å². The molecule has 1 aromatic rings. The molecule has 1 atom stereocenters. The zero-order valence-corrected chi connectivity index (χ0v) is 24.3. The summed E-state index contributed by atoms with van der Waals surface area (Å²) in [5.74, 6) is -1.96. The number of carbonyl (C=O) groups excluding carboxylic acids is 2. The van der Waals surface area contributed by atoms with E-state index < -0.39 is 5.92 Å². The van der Waals surface area contributed by atoms with Crippen molar-refractivity contribution in [1.29, 1.82) is 0 Å². The lowest BCUT2D eigenvalue weighted by Gasteiger charge is -2.32. The molecule has 36 heavy (non-hydrogen) atoms. The standard InChI is InChI=1S/C19H28F2N2.C4H7NO.C2H4O.2C2H6/c1-6-19(20,21)17-9-7-8-16(13-17)18-12-15(4)22(5)23(18)11-10-14(2)3;6-4-2-1-3-5-4;1-2-3;2*1-2/h7-9,12-15H,6,10-11H2,1-5H3;1-3H2,(H,5,6);2H,1H3;2*1-2H3. The van der Waals surface area contributed by atoms with Crippen LogP contribution in [-0.4, -0.2) is 48.4 Å². The summed E-state index contributed by atoms with van der Waals surface area (Å²) in [4.78, 5) is 18.9. The van der Waals surface area contributed by atoms with Crippen LogP contribution >= 0.6 is 0 Å². The van der Waals surface area contributed by atoms with Crippen molar-refractivity contribution in [3.8, 4) is 0 Å². The number of rotatable bonds is 6. The number of hydrogen-bond acceptors (Lipinski definition) is 4. The number of carbonyl (C=O) groups is 2. The first-order valence-corrected chi connectivity index (χ1v) is 13.4. The number of amides is 1. The van der Waals surface area contributed by atoms with E-state index in [0.717, 1.165) is 49.9 Å². The lowest BCUT2D eigenvalue weighted by Crippen LogP contribution is -2.38. The Morgan fingerprint density at radius 1 is 1.19 bits per heavy atom. The number of aldehydes is 1. The molecule has 0 radical (unpaired) electrons. The first kappa shape index (κ1) is 35.9. The highest BCUT2D eigenvalue weighted by atomic mass is 19.3. The predicted molar refractivity (Wildman–Crippen MR) is 149 cm³/mol. The number of alkyl halides is 2. The van der Waals surface area contributed by atoms with Crippen LogP contribution in [0.1, 0.15) is 99.1 Å². The molecule has 1 amide bonds. The van der Waals surface area contributed by atoms with Crippen molar-refractivity contribution in [3.63, 3.8) is 0 Å². The molecule has 2 heterocycles. The van der Waals surface area contributed by atoms with Crippen molar-refractivity contribution in [2.75, 3.05) is 20.1 Å². The van der Waals surface area contributed by atoms with Crippen LogP contribution in [0.5, 0.6) is 0 Å². The van der Waals surface area contributed by atoms with Gasteiger partial charge in [-0.25, -0.2) is 13.8 Å². The summed E-state index contributed by atoms with van der Waals surface area (Å²) in [5.41, 5.74) is 2.01. The molecule has 2 aliphatic rings. The van der Waals surface area contributed by atoms with Crippen LogP contribution in [0.25, 0.3) is 5.70 Å². The van der Waals surface area contributed by atoms with Gasteiger partial charge in [0.2, 0.25) is 5.91 Å². The molecule has 0 aliphatic carbocycles. The highest BCUT2D eigenvalue weighted by Crippen LogP contribution is 2.35. The smallest absolute Gasteiger partial charge is 0.273 e. The minimum atomic E-state index is -2.77. The molecule has 1 fully saturated rings. The molecular formula is C29H51F2N3O2. The fourth-order valence-corrected chi connectivity index (χ4v) is 3.39. The molecule has 0 spiro atoms. The van der Waals surface area contributed by atoms with Gasteiger partial charge in [-0.2, -0.15) is 0 Å². The number of benzene rings is 1. The molecule has 0 aromatic heterocycles. The zero-order valence-electron chi connectivity index (χ0n) is 24.3. The monoisotopic (exact) mass is 511 g/mol. The first-order chi connectivity index (χ1) is 17.1. The van der Waals surface area contributed by atoms with Gasteiger partial charge in [0.25, 0.3) is 5.92 Å². The zero-order chi connectivity index (χ0) is 28.3. The SMILES string of the molecule is CC.CC.CC=O.CCC(F)(F)c1cccc(C2=CC(C)N(C)N2CCC(C)C)c1.O=C1CCCN1. The molecule has 7 heteroatoms. The number of hydrogen-bond donors (Lipinski definition) is 1. The number of nitrogens with one attached hydrogen (secondary N) is 1. The highest BCUT2D eigenvalue weighted by molar-refractivity contribution is 5.77. The topological polar surface area (TPSA) is 52.7 Å². The molecule has 208 valence electrons. The Hall–Kier alpha value is -2.28. The molecular weight excluding hydrogens is 460 g/mol. The molecule has 0 bridgehead atoms. The van der Waals surface area contributed by atoms with Crippen LogP contribution in [0.4, 0.5) is 8.78 Å². The second-order valence-corrected chi connectivity index (χ2v) is 8.50. The number of likely N-dealkylation sites (N-methyl/N-ethyl adjacent to an activating group) is 1. The van der Waals surface area contributed by atoms with Crippen LogP contribution in [0.2, 0.25) is 0 Å². The second-order valence-electron chi connectivity index (χ2n) is 8.50. The van der Waals surface area contributed by atoms with Crippen molar-refractivity contribution in [2.24, 2.45) is 5.92 Å². The fourth-order valence-electron chi connectivity index (χ4n) is 3.39. The third-order valence-corrected chi connectivity index (χ3v) is 5.49. The van der Waals surface area contributed by atoms with Gasteiger partial charge < -0.3 is 15.1 Å². The summed E-state index contributed by atoms with van der Waals surface area (Å²) in [6.07, 6.45) is 5.56. The van der Waals surface area contributed by atoms with Crippen LogP contribution in [0.3, 0.4) is 0 Å². The van der Waals surface area contributed by atoms with Crippen molar-refractivity contribution < 1.29 is 18.4 Å². The van der Waals surface area contributed by atoms with E-state index in [1.165, 1.54) is 19.9 Å². The number of hydrazine groups is 1. The quantitative estimate of drug-likeness (QED) is 0.408. The summed E-state index contributed by atoms with van der Waals surface area (Å²) in [5, 5.41) is 7.08. The van der Waals surface area contributed by atoms with Crippen molar-refractivity contribution in [1.82, 2.24) is 15.3 Å². The Balaban J connectivity index is 0. The molecule has 1 aromatic carbocycles. The van der Waals surface area contributed by atoms with Gasteiger partial charge >= 0.3 is 0 Å². The van der Waals surface area contributed by atoms with Crippen LogP contribution in [0.15, 0.2) is 30.3 Å². The molecule has 5 nitrogen and oxygen atoms in total. The van der Waals surface area contributed by atoms with E-state index in [9.17, 15) is 13.6 Å². The Kier molecular flexibility index (Phi) is 19.8. The van der Waals surface area contributed by atoms with Crippen molar-refractivity contribution in [3.05, 3.63) is 41.5 Å². The maximum Gasteiger partial charge on any atom is 0.273 e. The largest absolute Gasteiger partial charge is 0.356 e. The van der Waals surface area contributed by atoms with E-state index in [1.54, 1.807) is 12.1 Å². The van der Waals surface area contributed by atoms with E-state index in [0.29, 0.717) is 5.92 Å². The van der Waals surface area contributed by atoms with Gasteiger partial charge in [0.1, 0.15) is 6.29 Å². The lowest BCUT2D eigenvalue weighted by molar-refractivity contribution is -0.119. The summed E-state index contributed by atoms with van der Waals surface area (Å²) < 4.78 is 28.0. The molecule has 2 aliphatic heterocycles. The maximum atomic E-state index is 14.0. The predicted octanol–water partition coefficient (Wildman–Crippen LogP) is 7.28. The van der Waals surface area contributed by atoms with E-state index in [-0.39, 0.29) is 23.9 Å². The first-order valence-electron chi connectivity index (χ1n) is 13.4. The van der Waals surface area contributed by atoms with Crippen LogP contribution in [-0.2, 0) is 15.5 Å². The third-order valence-electron chi connectivity index (χ3n) is 5.49. The van der Waals surface area contributed by atoms with Gasteiger partial charge in [-0.05, 0) is 50.3 Å². The third kappa shape index (κ3) is 12.6. The summed E-state index contributed by atoms with van der Waals surface area (Å²) in [6.45, 7) is 19.3. The summed E-state index contributed by atoms with van der Waals surface area (Å²) >= 11 is 0. The average molecular weight is 512 g/mol. The molecule has 1 unspecified atom stereocenters. The van der Waals surface area contributed by atoms with Gasteiger partial charge in [-0.1, -0.05) is 66.7 Å². The van der Waals surface area contributed by atoms with Gasteiger partial charge in [-0.3, -0.25) is 4.79 Å². The maximum absolute atomic E-state index is 14.0. The van der Waals surface area contributed by atoms with Crippen LogP contribution < -0.4 is 5.32 Å². The molecule has 1 N–H and O–H groups in total.